The first-order chi connectivity index (χ1) is 10.7. The Morgan fingerprint density at radius 3 is 2.14 bits per heavy atom. The first-order valence-corrected chi connectivity index (χ1v) is 7.82. The number of hydrogen-bond donors (Lipinski definition) is 2. The van der Waals surface area contributed by atoms with Gasteiger partial charge >= 0.3 is 0 Å². The van der Waals surface area contributed by atoms with Gasteiger partial charge in [-0.1, -0.05) is 60.7 Å². The third-order valence-electron chi connectivity index (χ3n) is 3.99. The highest BCUT2D eigenvalue weighted by molar-refractivity contribution is 5.18. The number of nitrogens with zero attached hydrogens (tertiary/aromatic N) is 1. The zero-order valence-corrected chi connectivity index (χ0v) is 13.1. The second kappa shape index (κ2) is 8.69. The average Bonchev–Trinajstić information content (AvgIpc) is 2.56. The summed E-state index contributed by atoms with van der Waals surface area (Å²) in [6.45, 7) is 3.58. The summed E-state index contributed by atoms with van der Waals surface area (Å²) in [4.78, 5) is 2.23. The van der Waals surface area contributed by atoms with Gasteiger partial charge in [0, 0.05) is 25.7 Å². The third-order valence-corrected chi connectivity index (χ3v) is 3.99. The Morgan fingerprint density at radius 1 is 0.955 bits per heavy atom. The molecule has 0 aliphatic carbocycles. The first kappa shape index (κ1) is 16.7. The van der Waals surface area contributed by atoms with Crippen LogP contribution in [0.2, 0.25) is 0 Å². The van der Waals surface area contributed by atoms with Crippen molar-refractivity contribution in [2.24, 2.45) is 0 Å². The summed E-state index contributed by atoms with van der Waals surface area (Å²) in [6.07, 6.45) is 0.181. The highest BCUT2D eigenvalue weighted by Crippen LogP contribution is 2.18. The first-order valence-electron chi connectivity index (χ1n) is 7.82. The maximum Gasteiger partial charge on any atom is 0.0917 e. The van der Waals surface area contributed by atoms with Gasteiger partial charge in [0.05, 0.1) is 6.10 Å². The van der Waals surface area contributed by atoms with Crippen LogP contribution in [0, 0.1) is 0 Å². The lowest BCUT2D eigenvalue weighted by molar-refractivity contribution is 0.0767. The van der Waals surface area contributed by atoms with Gasteiger partial charge in [0.25, 0.3) is 0 Å². The number of hydrogen-bond acceptors (Lipinski definition) is 3. The molecule has 0 bridgehead atoms. The summed E-state index contributed by atoms with van der Waals surface area (Å²) in [6, 6.07) is 20.2. The van der Waals surface area contributed by atoms with Crippen molar-refractivity contribution >= 4 is 0 Å². The molecule has 2 unspecified atom stereocenters. The van der Waals surface area contributed by atoms with Crippen LogP contribution in [-0.4, -0.2) is 34.3 Å². The van der Waals surface area contributed by atoms with Crippen molar-refractivity contribution in [2.45, 2.75) is 32.0 Å². The molecule has 0 spiro atoms. The fraction of sp³-hybridized carbons (Fsp3) is 0.368. The number of aliphatic hydroxyl groups excluding tert-OH is 2. The van der Waals surface area contributed by atoms with Gasteiger partial charge in [-0.3, -0.25) is 4.90 Å². The molecule has 22 heavy (non-hydrogen) atoms. The molecule has 118 valence electrons. The Kier molecular flexibility index (Phi) is 6.59. The minimum atomic E-state index is -0.522. The van der Waals surface area contributed by atoms with Crippen LogP contribution < -0.4 is 0 Å². The van der Waals surface area contributed by atoms with E-state index in [-0.39, 0.29) is 12.6 Å². The molecule has 0 aliphatic rings. The van der Waals surface area contributed by atoms with Crippen LogP contribution in [0.1, 0.15) is 30.6 Å². The SMILES string of the molecule is CC(CCO)N(Cc1ccccc1)CC(O)c1ccccc1. The highest BCUT2D eigenvalue weighted by atomic mass is 16.3. The molecule has 3 nitrogen and oxygen atoms in total. The minimum absolute atomic E-state index is 0.161. The summed E-state index contributed by atoms with van der Waals surface area (Å²) >= 11 is 0. The van der Waals surface area contributed by atoms with Crippen molar-refractivity contribution in [2.75, 3.05) is 13.2 Å². The lowest BCUT2D eigenvalue weighted by Crippen LogP contribution is -2.36. The summed E-state index contributed by atoms with van der Waals surface area (Å²) in [7, 11) is 0. The fourth-order valence-electron chi connectivity index (χ4n) is 2.59. The zero-order chi connectivity index (χ0) is 15.8. The van der Waals surface area contributed by atoms with Crippen molar-refractivity contribution < 1.29 is 10.2 Å². The van der Waals surface area contributed by atoms with Crippen molar-refractivity contribution in [3.63, 3.8) is 0 Å². The summed E-state index contributed by atoms with van der Waals surface area (Å²) in [5.74, 6) is 0. The van der Waals surface area contributed by atoms with Crippen LogP contribution >= 0.6 is 0 Å². The van der Waals surface area contributed by atoms with Crippen LogP contribution in [0.25, 0.3) is 0 Å². The van der Waals surface area contributed by atoms with Gasteiger partial charge in [-0.25, -0.2) is 0 Å². The molecule has 0 aromatic heterocycles. The number of rotatable bonds is 8. The molecule has 0 radical (unpaired) electrons. The molecule has 0 fully saturated rings. The van der Waals surface area contributed by atoms with Crippen LogP contribution in [-0.2, 0) is 6.54 Å². The van der Waals surface area contributed by atoms with E-state index in [4.69, 9.17) is 0 Å². The van der Waals surface area contributed by atoms with Gasteiger partial charge in [0.1, 0.15) is 0 Å². The lowest BCUT2D eigenvalue weighted by Gasteiger charge is -2.31. The molecule has 0 aliphatic heterocycles. The van der Waals surface area contributed by atoms with E-state index in [1.807, 2.05) is 48.5 Å². The normalized spacial score (nSPS) is 14.0. The average molecular weight is 299 g/mol. The quantitative estimate of drug-likeness (QED) is 0.787. The van der Waals surface area contributed by atoms with Crippen molar-refractivity contribution in [3.8, 4) is 0 Å². The largest absolute Gasteiger partial charge is 0.396 e. The van der Waals surface area contributed by atoms with Crippen molar-refractivity contribution in [1.29, 1.82) is 0 Å². The summed E-state index contributed by atoms with van der Waals surface area (Å²) in [5, 5.41) is 19.7. The number of benzene rings is 2. The van der Waals surface area contributed by atoms with E-state index in [2.05, 4.69) is 24.0 Å². The monoisotopic (exact) mass is 299 g/mol. The standard InChI is InChI=1S/C19H25NO2/c1-16(12-13-21)20(14-17-8-4-2-5-9-17)15-19(22)18-10-6-3-7-11-18/h2-11,16,19,21-22H,12-15H2,1H3. The molecule has 3 heteroatoms. The molecule has 2 N–H and O–H groups in total. The van der Waals surface area contributed by atoms with Crippen molar-refractivity contribution in [1.82, 2.24) is 4.90 Å². The van der Waals surface area contributed by atoms with Crippen LogP contribution in [0.4, 0.5) is 0 Å². The van der Waals surface area contributed by atoms with E-state index in [9.17, 15) is 10.2 Å². The van der Waals surface area contributed by atoms with Gasteiger partial charge in [-0.2, -0.15) is 0 Å². The summed E-state index contributed by atoms with van der Waals surface area (Å²) < 4.78 is 0. The van der Waals surface area contributed by atoms with Gasteiger partial charge in [0.15, 0.2) is 0 Å². The van der Waals surface area contributed by atoms with Crippen LogP contribution in [0.3, 0.4) is 0 Å². The zero-order valence-electron chi connectivity index (χ0n) is 13.1. The van der Waals surface area contributed by atoms with E-state index in [0.29, 0.717) is 13.0 Å². The molecule has 2 atom stereocenters. The van der Waals surface area contributed by atoms with E-state index in [1.54, 1.807) is 0 Å². The second-order valence-electron chi connectivity index (χ2n) is 5.70. The highest BCUT2D eigenvalue weighted by Gasteiger charge is 2.18. The van der Waals surface area contributed by atoms with E-state index in [0.717, 1.165) is 12.1 Å². The van der Waals surface area contributed by atoms with Crippen molar-refractivity contribution in [3.05, 3.63) is 71.8 Å². The van der Waals surface area contributed by atoms with Gasteiger partial charge in [-0.05, 0) is 24.5 Å². The molecule has 0 saturated carbocycles. The molecule has 0 heterocycles. The second-order valence-corrected chi connectivity index (χ2v) is 5.70. The molecule has 0 saturated heterocycles. The van der Waals surface area contributed by atoms with E-state index >= 15 is 0 Å². The predicted octanol–water partition coefficient (Wildman–Crippen LogP) is 2.99. The molecule has 2 rings (SSSR count). The molecular formula is C19H25NO2. The summed E-state index contributed by atoms with van der Waals surface area (Å²) in [5.41, 5.74) is 2.14. The van der Waals surface area contributed by atoms with Gasteiger partial charge in [-0.15, -0.1) is 0 Å². The Morgan fingerprint density at radius 2 is 1.55 bits per heavy atom. The Labute approximate surface area is 132 Å². The maximum absolute atomic E-state index is 10.5. The number of aliphatic hydroxyl groups is 2. The fourth-order valence-corrected chi connectivity index (χ4v) is 2.59. The van der Waals surface area contributed by atoms with E-state index < -0.39 is 6.10 Å². The Bertz CT molecular complexity index is 530. The Balaban J connectivity index is 2.07. The van der Waals surface area contributed by atoms with E-state index in [1.165, 1.54) is 5.56 Å². The predicted molar refractivity (Wildman–Crippen MR) is 89.4 cm³/mol. The van der Waals surface area contributed by atoms with Crippen LogP contribution in [0.15, 0.2) is 60.7 Å². The molecule has 0 amide bonds. The molecule has 2 aromatic carbocycles. The van der Waals surface area contributed by atoms with Gasteiger partial charge < -0.3 is 10.2 Å². The molecule has 2 aromatic rings. The third kappa shape index (κ3) is 4.95. The smallest absolute Gasteiger partial charge is 0.0917 e. The molecular weight excluding hydrogens is 274 g/mol. The topological polar surface area (TPSA) is 43.7 Å². The maximum atomic E-state index is 10.5. The lowest BCUT2D eigenvalue weighted by atomic mass is 10.1. The minimum Gasteiger partial charge on any atom is -0.396 e. The van der Waals surface area contributed by atoms with Gasteiger partial charge in [0.2, 0.25) is 0 Å². The van der Waals surface area contributed by atoms with Crippen LogP contribution in [0.5, 0.6) is 0 Å². The Hall–Kier alpha value is -1.68.